The van der Waals surface area contributed by atoms with Gasteiger partial charge in [-0.1, -0.05) is 0 Å². The Labute approximate surface area is 105 Å². The summed E-state index contributed by atoms with van der Waals surface area (Å²) in [6.07, 6.45) is 1.51. The second-order valence-corrected chi connectivity index (χ2v) is 4.61. The van der Waals surface area contributed by atoms with E-state index in [2.05, 4.69) is 10.1 Å². The molecule has 1 fully saturated rings. The highest BCUT2D eigenvalue weighted by atomic mass is 16.5. The van der Waals surface area contributed by atoms with Crippen molar-refractivity contribution in [3.63, 3.8) is 0 Å². The third-order valence-electron chi connectivity index (χ3n) is 3.01. The molecule has 1 aromatic rings. The van der Waals surface area contributed by atoms with Gasteiger partial charge in [0.1, 0.15) is 18.2 Å². The molecule has 1 unspecified atom stereocenters. The zero-order chi connectivity index (χ0) is 13.1. The molecule has 1 saturated heterocycles. The lowest BCUT2D eigenvalue weighted by atomic mass is 10.2. The van der Waals surface area contributed by atoms with Gasteiger partial charge in [0, 0.05) is 12.6 Å². The first-order valence-electron chi connectivity index (χ1n) is 6.02. The molecule has 1 aliphatic rings. The molecule has 7 heteroatoms. The second-order valence-electron chi connectivity index (χ2n) is 4.61. The molecule has 1 aliphatic heterocycles. The Morgan fingerprint density at radius 1 is 1.67 bits per heavy atom. The summed E-state index contributed by atoms with van der Waals surface area (Å²) in [7, 11) is 0. The Morgan fingerprint density at radius 3 is 3.11 bits per heavy atom. The fourth-order valence-electron chi connectivity index (χ4n) is 2.05. The van der Waals surface area contributed by atoms with E-state index < -0.39 is 12.0 Å². The van der Waals surface area contributed by atoms with Crippen LogP contribution in [0.25, 0.3) is 0 Å². The van der Waals surface area contributed by atoms with Crippen LogP contribution in [-0.4, -0.2) is 56.5 Å². The van der Waals surface area contributed by atoms with Crippen LogP contribution >= 0.6 is 0 Å². The molecule has 0 amide bonds. The van der Waals surface area contributed by atoms with Crippen molar-refractivity contribution in [2.75, 3.05) is 19.8 Å². The van der Waals surface area contributed by atoms with Crippen molar-refractivity contribution in [3.8, 4) is 0 Å². The largest absolute Gasteiger partial charge is 0.480 e. The smallest absolute Gasteiger partial charge is 0.323 e. The molecule has 2 heterocycles. The van der Waals surface area contributed by atoms with Crippen LogP contribution in [-0.2, 0) is 16.1 Å². The van der Waals surface area contributed by atoms with Gasteiger partial charge < -0.3 is 9.84 Å². The molecule has 0 spiro atoms. The number of carboxylic acid groups (broad SMARTS) is 1. The summed E-state index contributed by atoms with van der Waals surface area (Å²) in [4.78, 5) is 17.2. The van der Waals surface area contributed by atoms with Gasteiger partial charge in [0.2, 0.25) is 0 Å². The molecular formula is C11H18N4O3. The lowest BCUT2D eigenvalue weighted by Crippen LogP contribution is -2.49. The van der Waals surface area contributed by atoms with Gasteiger partial charge in [0.15, 0.2) is 0 Å². The van der Waals surface area contributed by atoms with Gasteiger partial charge in [-0.15, -0.1) is 0 Å². The predicted molar refractivity (Wildman–Crippen MR) is 63.1 cm³/mol. The van der Waals surface area contributed by atoms with Crippen molar-refractivity contribution in [2.45, 2.75) is 32.5 Å². The average Bonchev–Trinajstić information content (AvgIpc) is 2.77. The minimum absolute atomic E-state index is 0.215. The zero-order valence-electron chi connectivity index (χ0n) is 10.6. The summed E-state index contributed by atoms with van der Waals surface area (Å²) >= 11 is 0. The van der Waals surface area contributed by atoms with E-state index >= 15 is 0 Å². The molecular weight excluding hydrogens is 236 g/mol. The maximum absolute atomic E-state index is 11.1. The third-order valence-corrected chi connectivity index (χ3v) is 3.01. The number of morpholine rings is 1. The molecule has 2 rings (SSSR count). The number of aromatic nitrogens is 3. The second kappa shape index (κ2) is 5.45. The third kappa shape index (κ3) is 2.68. The zero-order valence-corrected chi connectivity index (χ0v) is 10.6. The molecule has 0 aromatic carbocycles. The van der Waals surface area contributed by atoms with Crippen LogP contribution in [0.5, 0.6) is 0 Å². The number of ether oxygens (including phenoxy) is 1. The summed E-state index contributed by atoms with van der Waals surface area (Å²) in [5.74, 6) is -0.0662. The minimum Gasteiger partial charge on any atom is -0.480 e. The van der Waals surface area contributed by atoms with Crippen LogP contribution in [0.2, 0.25) is 0 Å². The number of carboxylic acids is 1. The Bertz CT molecular complexity index is 418. The summed E-state index contributed by atoms with van der Waals surface area (Å²) in [5, 5.41) is 13.3. The van der Waals surface area contributed by atoms with E-state index in [0.717, 1.165) is 5.82 Å². The molecule has 1 aromatic heterocycles. The maximum Gasteiger partial charge on any atom is 0.323 e. The van der Waals surface area contributed by atoms with Gasteiger partial charge in [-0.25, -0.2) is 9.67 Å². The topological polar surface area (TPSA) is 80.5 Å². The van der Waals surface area contributed by atoms with Crippen molar-refractivity contribution in [2.24, 2.45) is 0 Å². The van der Waals surface area contributed by atoms with E-state index in [4.69, 9.17) is 9.84 Å². The summed E-state index contributed by atoms with van der Waals surface area (Å²) < 4.78 is 7.02. The van der Waals surface area contributed by atoms with Crippen molar-refractivity contribution in [1.82, 2.24) is 19.7 Å². The normalized spacial score (nSPS) is 21.4. The number of hydrogen-bond acceptors (Lipinski definition) is 5. The SMILES string of the molecule is CC(C)n1ncnc1CN1CCOCC1C(=O)O. The molecule has 0 radical (unpaired) electrons. The standard InChI is InChI=1S/C11H18N4O3/c1-8(2)15-10(12-7-13-15)5-14-3-4-18-6-9(14)11(16)17/h7-9H,3-6H2,1-2H3,(H,16,17). The average molecular weight is 254 g/mol. The Kier molecular flexibility index (Phi) is 3.93. The Morgan fingerprint density at radius 2 is 2.44 bits per heavy atom. The Hall–Kier alpha value is -1.47. The van der Waals surface area contributed by atoms with Gasteiger partial charge in [-0.2, -0.15) is 5.10 Å². The molecule has 100 valence electrons. The summed E-state index contributed by atoms with van der Waals surface area (Å²) in [6, 6.07) is -0.386. The number of hydrogen-bond donors (Lipinski definition) is 1. The number of rotatable bonds is 4. The highest BCUT2D eigenvalue weighted by molar-refractivity contribution is 5.73. The van der Waals surface area contributed by atoms with E-state index in [1.54, 1.807) is 0 Å². The van der Waals surface area contributed by atoms with Crippen LogP contribution in [0.4, 0.5) is 0 Å². The molecule has 0 saturated carbocycles. The molecule has 1 atom stereocenters. The molecule has 18 heavy (non-hydrogen) atoms. The molecule has 1 N–H and O–H groups in total. The maximum atomic E-state index is 11.1. The fourth-order valence-corrected chi connectivity index (χ4v) is 2.05. The van der Waals surface area contributed by atoms with Crippen LogP contribution in [0.15, 0.2) is 6.33 Å². The van der Waals surface area contributed by atoms with Crippen LogP contribution in [0.3, 0.4) is 0 Å². The molecule has 0 aliphatic carbocycles. The lowest BCUT2D eigenvalue weighted by Gasteiger charge is -2.32. The molecule has 7 nitrogen and oxygen atoms in total. The predicted octanol–water partition coefficient (Wildman–Crippen LogP) is 0.144. The van der Waals surface area contributed by atoms with Crippen molar-refractivity contribution in [1.29, 1.82) is 0 Å². The van der Waals surface area contributed by atoms with Gasteiger partial charge in [0.25, 0.3) is 0 Å². The number of nitrogens with zero attached hydrogens (tertiary/aromatic N) is 4. The monoisotopic (exact) mass is 254 g/mol. The number of aliphatic carboxylic acids is 1. The van der Waals surface area contributed by atoms with Gasteiger partial charge >= 0.3 is 5.97 Å². The highest BCUT2D eigenvalue weighted by Gasteiger charge is 2.30. The van der Waals surface area contributed by atoms with Crippen molar-refractivity contribution in [3.05, 3.63) is 12.2 Å². The first-order valence-corrected chi connectivity index (χ1v) is 6.02. The van der Waals surface area contributed by atoms with Crippen LogP contribution < -0.4 is 0 Å². The van der Waals surface area contributed by atoms with E-state index in [0.29, 0.717) is 19.7 Å². The minimum atomic E-state index is -0.856. The van der Waals surface area contributed by atoms with Crippen molar-refractivity contribution >= 4 is 5.97 Å². The fraction of sp³-hybridized carbons (Fsp3) is 0.727. The highest BCUT2D eigenvalue weighted by Crippen LogP contribution is 2.13. The van der Waals surface area contributed by atoms with Crippen LogP contribution in [0, 0.1) is 0 Å². The first-order chi connectivity index (χ1) is 8.59. The van der Waals surface area contributed by atoms with Gasteiger partial charge in [-0.3, -0.25) is 9.69 Å². The van der Waals surface area contributed by atoms with E-state index in [1.165, 1.54) is 6.33 Å². The van der Waals surface area contributed by atoms with Gasteiger partial charge in [-0.05, 0) is 13.8 Å². The quantitative estimate of drug-likeness (QED) is 0.823. The van der Waals surface area contributed by atoms with Crippen LogP contribution in [0.1, 0.15) is 25.7 Å². The van der Waals surface area contributed by atoms with E-state index in [-0.39, 0.29) is 12.6 Å². The van der Waals surface area contributed by atoms with Crippen molar-refractivity contribution < 1.29 is 14.6 Å². The summed E-state index contributed by atoms with van der Waals surface area (Å²) in [5.41, 5.74) is 0. The molecule has 0 bridgehead atoms. The van der Waals surface area contributed by atoms with Gasteiger partial charge in [0.05, 0.1) is 19.8 Å². The number of carbonyl (C=O) groups is 1. The van der Waals surface area contributed by atoms with E-state index in [9.17, 15) is 4.79 Å². The Balaban J connectivity index is 2.11. The van der Waals surface area contributed by atoms with E-state index in [1.807, 2.05) is 23.4 Å². The first kappa shape index (κ1) is 13.0. The lowest BCUT2D eigenvalue weighted by molar-refractivity contribution is -0.150. The summed E-state index contributed by atoms with van der Waals surface area (Å²) in [6.45, 7) is 5.91.